The maximum atomic E-state index is 12.0. The zero-order valence-electron chi connectivity index (χ0n) is 12.7. The smallest absolute Gasteiger partial charge is 0.227 e. The van der Waals surface area contributed by atoms with Gasteiger partial charge in [-0.3, -0.25) is 10.1 Å². The quantitative estimate of drug-likeness (QED) is 0.678. The molecule has 0 atom stereocenters. The molecular weight excluding hydrogens is 310 g/mol. The van der Waals surface area contributed by atoms with E-state index in [2.05, 4.69) is 15.3 Å². The van der Waals surface area contributed by atoms with Crippen LogP contribution in [0.2, 0.25) is 0 Å². The Morgan fingerprint density at radius 1 is 1.22 bits per heavy atom. The molecule has 0 aliphatic heterocycles. The van der Waals surface area contributed by atoms with Gasteiger partial charge in [0.2, 0.25) is 11.9 Å². The number of aromatic nitrogens is 2. The van der Waals surface area contributed by atoms with Crippen molar-refractivity contribution < 1.29 is 9.53 Å². The first-order valence-electron chi connectivity index (χ1n) is 7.26. The van der Waals surface area contributed by atoms with Crippen molar-refractivity contribution in [2.45, 2.75) is 11.3 Å². The van der Waals surface area contributed by atoms with Crippen molar-refractivity contribution in [1.29, 1.82) is 0 Å². The summed E-state index contributed by atoms with van der Waals surface area (Å²) in [5.41, 5.74) is 1.76. The Hall–Kier alpha value is -2.47. The molecule has 1 heterocycles. The molecule has 0 spiro atoms. The van der Waals surface area contributed by atoms with Gasteiger partial charge in [0, 0.05) is 17.1 Å². The number of aromatic amines is 1. The van der Waals surface area contributed by atoms with E-state index in [0.717, 1.165) is 21.7 Å². The Balaban J connectivity index is 1.49. The number of thioether (sulfide) groups is 1. The number of nitrogens with one attached hydrogen (secondary N) is 2. The van der Waals surface area contributed by atoms with E-state index in [4.69, 9.17) is 4.74 Å². The third kappa shape index (κ3) is 4.04. The Morgan fingerprint density at radius 3 is 2.74 bits per heavy atom. The van der Waals surface area contributed by atoms with Crippen molar-refractivity contribution in [3.8, 4) is 5.75 Å². The van der Waals surface area contributed by atoms with Crippen molar-refractivity contribution in [2.24, 2.45) is 0 Å². The van der Waals surface area contributed by atoms with Crippen LogP contribution in [0.1, 0.15) is 6.42 Å². The largest absolute Gasteiger partial charge is 0.497 e. The first-order chi connectivity index (χ1) is 11.2. The number of para-hydroxylation sites is 2. The van der Waals surface area contributed by atoms with Crippen LogP contribution in [0.3, 0.4) is 0 Å². The van der Waals surface area contributed by atoms with Gasteiger partial charge in [0.05, 0.1) is 18.1 Å². The minimum Gasteiger partial charge on any atom is -0.497 e. The lowest BCUT2D eigenvalue weighted by molar-refractivity contribution is -0.115. The number of hydrogen-bond donors (Lipinski definition) is 2. The summed E-state index contributed by atoms with van der Waals surface area (Å²) in [6.45, 7) is 0. The van der Waals surface area contributed by atoms with Gasteiger partial charge < -0.3 is 9.72 Å². The van der Waals surface area contributed by atoms with E-state index in [0.29, 0.717) is 18.1 Å². The molecule has 3 aromatic rings. The maximum absolute atomic E-state index is 12.0. The van der Waals surface area contributed by atoms with Gasteiger partial charge in [-0.2, -0.15) is 0 Å². The third-order valence-corrected chi connectivity index (χ3v) is 4.32. The number of fused-ring (bicyclic) bond motifs is 1. The number of imidazole rings is 1. The summed E-state index contributed by atoms with van der Waals surface area (Å²) in [7, 11) is 1.64. The van der Waals surface area contributed by atoms with Crippen LogP contribution in [-0.4, -0.2) is 28.7 Å². The zero-order chi connectivity index (χ0) is 16.1. The highest BCUT2D eigenvalue weighted by Crippen LogP contribution is 2.22. The van der Waals surface area contributed by atoms with Crippen molar-refractivity contribution in [2.75, 3.05) is 18.2 Å². The number of carbonyl (C=O) groups excluding carboxylic acids is 1. The summed E-state index contributed by atoms with van der Waals surface area (Å²) in [6.07, 6.45) is 0.424. The van der Waals surface area contributed by atoms with Gasteiger partial charge >= 0.3 is 0 Å². The molecule has 0 aliphatic rings. The zero-order valence-corrected chi connectivity index (χ0v) is 13.5. The van der Waals surface area contributed by atoms with E-state index in [9.17, 15) is 4.79 Å². The summed E-state index contributed by atoms with van der Waals surface area (Å²) >= 11 is 1.64. The molecule has 0 aliphatic carbocycles. The van der Waals surface area contributed by atoms with Crippen LogP contribution in [0.4, 0.5) is 5.95 Å². The molecule has 2 N–H and O–H groups in total. The third-order valence-electron chi connectivity index (χ3n) is 3.30. The Bertz CT molecular complexity index is 766. The van der Waals surface area contributed by atoms with E-state index >= 15 is 0 Å². The molecular formula is C17H17N3O2S. The lowest BCUT2D eigenvalue weighted by Gasteiger charge is -2.04. The first-order valence-corrected chi connectivity index (χ1v) is 8.24. The average Bonchev–Trinajstić information content (AvgIpc) is 2.97. The summed E-state index contributed by atoms with van der Waals surface area (Å²) in [5, 5.41) is 2.80. The van der Waals surface area contributed by atoms with Gasteiger partial charge in [0.15, 0.2) is 0 Å². The van der Waals surface area contributed by atoms with E-state index in [1.807, 2.05) is 48.5 Å². The number of amides is 1. The maximum Gasteiger partial charge on any atom is 0.227 e. The fourth-order valence-electron chi connectivity index (χ4n) is 2.14. The average molecular weight is 327 g/mol. The molecule has 0 radical (unpaired) electrons. The molecule has 1 amide bonds. The molecule has 0 bridgehead atoms. The molecule has 2 aromatic carbocycles. The number of benzene rings is 2. The van der Waals surface area contributed by atoms with Crippen LogP contribution >= 0.6 is 11.8 Å². The number of ether oxygens (including phenoxy) is 1. The molecule has 5 nitrogen and oxygen atoms in total. The van der Waals surface area contributed by atoms with Gasteiger partial charge in [0.1, 0.15) is 5.75 Å². The van der Waals surface area contributed by atoms with E-state index in [1.54, 1.807) is 18.9 Å². The van der Waals surface area contributed by atoms with Crippen molar-refractivity contribution in [3.63, 3.8) is 0 Å². The first kappa shape index (κ1) is 15.4. The second-order valence-corrected chi connectivity index (χ2v) is 6.09. The molecule has 1 aromatic heterocycles. The topological polar surface area (TPSA) is 67.0 Å². The lowest BCUT2D eigenvalue weighted by Crippen LogP contribution is -2.13. The number of rotatable bonds is 6. The van der Waals surface area contributed by atoms with Crippen LogP contribution in [0, 0.1) is 0 Å². The van der Waals surface area contributed by atoms with E-state index in [1.165, 1.54) is 0 Å². The second kappa shape index (κ2) is 7.19. The Labute approximate surface area is 138 Å². The predicted molar refractivity (Wildman–Crippen MR) is 93.1 cm³/mol. The summed E-state index contributed by atoms with van der Waals surface area (Å²) in [6, 6.07) is 15.5. The number of carbonyl (C=O) groups is 1. The molecule has 0 fully saturated rings. The van der Waals surface area contributed by atoms with Gasteiger partial charge in [-0.25, -0.2) is 4.98 Å². The van der Waals surface area contributed by atoms with E-state index in [-0.39, 0.29) is 5.91 Å². The highest BCUT2D eigenvalue weighted by molar-refractivity contribution is 7.99. The van der Waals surface area contributed by atoms with Crippen LogP contribution in [0.5, 0.6) is 5.75 Å². The summed E-state index contributed by atoms with van der Waals surface area (Å²) in [4.78, 5) is 20.5. The van der Waals surface area contributed by atoms with Crippen LogP contribution in [0.15, 0.2) is 53.4 Å². The molecule has 0 saturated heterocycles. The molecule has 3 rings (SSSR count). The van der Waals surface area contributed by atoms with Gasteiger partial charge in [-0.15, -0.1) is 11.8 Å². The highest BCUT2D eigenvalue weighted by atomic mass is 32.2. The minimum absolute atomic E-state index is 0.0509. The number of methoxy groups -OCH3 is 1. The fraction of sp³-hybridized carbons (Fsp3) is 0.176. The number of anilines is 1. The monoisotopic (exact) mass is 327 g/mol. The highest BCUT2D eigenvalue weighted by Gasteiger charge is 2.07. The standard InChI is InChI=1S/C17H17N3O2S/c1-22-12-6-8-13(9-7-12)23-11-10-16(21)20-17-18-14-4-2-3-5-15(14)19-17/h2-9H,10-11H2,1H3,(H2,18,19,20,21). The van der Waals surface area contributed by atoms with Crippen molar-refractivity contribution in [3.05, 3.63) is 48.5 Å². The van der Waals surface area contributed by atoms with Crippen LogP contribution in [0.25, 0.3) is 11.0 Å². The molecule has 6 heteroatoms. The number of hydrogen-bond acceptors (Lipinski definition) is 4. The fourth-order valence-corrected chi connectivity index (χ4v) is 2.99. The summed E-state index contributed by atoms with van der Waals surface area (Å²) in [5.74, 6) is 1.98. The normalized spacial score (nSPS) is 10.7. The predicted octanol–water partition coefficient (Wildman–Crippen LogP) is 3.69. The van der Waals surface area contributed by atoms with Crippen molar-refractivity contribution >= 4 is 34.7 Å². The van der Waals surface area contributed by atoms with Crippen LogP contribution in [-0.2, 0) is 4.79 Å². The number of nitrogens with zero attached hydrogens (tertiary/aromatic N) is 1. The SMILES string of the molecule is COc1ccc(SCCC(=O)Nc2nc3ccccc3[nH]2)cc1. The van der Waals surface area contributed by atoms with E-state index < -0.39 is 0 Å². The van der Waals surface area contributed by atoms with Gasteiger partial charge in [-0.1, -0.05) is 12.1 Å². The Kier molecular flexibility index (Phi) is 4.83. The molecule has 23 heavy (non-hydrogen) atoms. The van der Waals surface area contributed by atoms with Crippen molar-refractivity contribution in [1.82, 2.24) is 9.97 Å². The number of H-pyrrole nitrogens is 1. The summed E-state index contributed by atoms with van der Waals surface area (Å²) < 4.78 is 5.12. The van der Waals surface area contributed by atoms with Gasteiger partial charge in [-0.05, 0) is 36.4 Å². The molecule has 0 unspecified atom stereocenters. The lowest BCUT2D eigenvalue weighted by atomic mass is 10.3. The van der Waals surface area contributed by atoms with Crippen LogP contribution < -0.4 is 10.1 Å². The molecule has 0 saturated carbocycles. The minimum atomic E-state index is -0.0509. The van der Waals surface area contributed by atoms with Gasteiger partial charge in [0.25, 0.3) is 0 Å². The Morgan fingerprint density at radius 2 is 2.00 bits per heavy atom. The molecule has 118 valence electrons. The second-order valence-electron chi connectivity index (χ2n) is 4.92.